The van der Waals surface area contributed by atoms with Crippen molar-refractivity contribution in [2.75, 3.05) is 40.0 Å². The lowest BCUT2D eigenvalue weighted by atomic mass is 9.88. The van der Waals surface area contributed by atoms with E-state index in [1.54, 1.807) is 18.8 Å². The first kappa shape index (κ1) is 20.3. The van der Waals surface area contributed by atoms with Crippen molar-refractivity contribution in [3.63, 3.8) is 0 Å². The van der Waals surface area contributed by atoms with E-state index in [1.807, 2.05) is 17.9 Å². The number of aryl methyl sites for hydroxylation is 2. The molecule has 0 unspecified atom stereocenters. The highest BCUT2D eigenvalue weighted by Crippen LogP contribution is 2.35. The van der Waals surface area contributed by atoms with Crippen LogP contribution in [0.15, 0.2) is 6.07 Å². The number of carbonyl (C=O) groups excluding carboxylic acids is 1. The fourth-order valence-electron chi connectivity index (χ4n) is 4.98. The Labute approximate surface area is 162 Å². The van der Waals surface area contributed by atoms with E-state index in [0.717, 1.165) is 38.2 Å². The first-order chi connectivity index (χ1) is 13.0. The zero-order chi connectivity index (χ0) is 19.6. The first-order valence-corrected chi connectivity index (χ1v) is 10.2. The summed E-state index contributed by atoms with van der Waals surface area (Å²) in [6.45, 7) is 7.55. The maximum atomic E-state index is 13.2. The van der Waals surface area contributed by atoms with E-state index in [9.17, 15) is 9.90 Å². The maximum Gasteiger partial charge on any atom is 0.272 e. The molecule has 4 atom stereocenters. The number of aromatic nitrogens is 2. The van der Waals surface area contributed by atoms with E-state index in [1.165, 1.54) is 6.42 Å². The van der Waals surface area contributed by atoms with Gasteiger partial charge in [0, 0.05) is 33.3 Å². The van der Waals surface area contributed by atoms with Gasteiger partial charge in [0.2, 0.25) is 0 Å². The molecule has 0 bridgehead atoms. The van der Waals surface area contributed by atoms with E-state index in [-0.39, 0.29) is 24.5 Å². The molecule has 1 amide bonds. The molecule has 0 spiro atoms. The SMILES string of the molecule is CC[C@@H]1CN(C(=O)c2cc(C)nn2C)[C@H](CO)[C@@H]1CN1CCC[C@@H]1COC. The largest absolute Gasteiger partial charge is 0.394 e. The summed E-state index contributed by atoms with van der Waals surface area (Å²) in [5.74, 6) is 0.674. The molecular weight excluding hydrogens is 344 g/mol. The second kappa shape index (κ2) is 8.71. The zero-order valence-corrected chi connectivity index (χ0v) is 17.1. The number of likely N-dealkylation sites (tertiary alicyclic amines) is 2. The molecule has 3 rings (SSSR count). The van der Waals surface area contributed by atoms with Gasteiger partial charge < -0.3 is 14.7 Å². The minimum atomic E-state index is -0.138. The van der Waals surface area contributed by atoms with Crippen LogP contribution in [0.1, 0.15) is 42.4 Å². The Morgan fingerprint density at radius 3 is 2.81 bits per heavy atom. The van der Waals surface area contributed by atoms with Crippen molar-refractivity contribution in [1.82, 2.24) is 19.6 Å². The lowest BCUT2D eigenvalue weighted by molar-refractivity contribution is 0.0569. The number of hydrogen-bond acceptors (Lipinski definition) is 5. The quantitative estimate of drug-likeness (QED) is 0.774. The second-order valence-corrected chi connectivity index (χ2v) is 8.08. The molecule has 7 heteroatoms. The first-order valence-electron chi connectivity index (χ1n) is 10.2. The van der Waals surface area contributed by atoms with Crippen LogP contribution in [-0.2, 0) is 11.8 Å². The highest BCUT2D eigenvalue weighted by molar-refractivity contribution is 5.93. The standard InChI is InChI=1S/C20H34N4O3/c1-5-15-10-24(20(26)18-9-14(2)21-22(18)3)19(12-25)17(15)11-23-8-6-7-16(23)13-27-4/h9,15-17,19,25H,5-8,10-13H2,1-4H3/t15-,16-,17-,19-/m1/s1. The van der Waals surface area contributed by atoms with Gasteiger partial charge in [-0.05, 0) is 44.2 Å². The van der Waals surface area contributed by atoms with Crippen LogP contribution < -0.4 is 0 Å². The number of nitrogens with zero attached hydrogens (tertiary/aromatic N) is 4. The van der Waals surface area contributed by atoms with Crippen LogP contribution in [-0.4, -0.2) is 82.6 Å². The summed E-state index contributed by atoms with van der Waals surface area (Å²) in [5, 5.41) is 14.5. The van der Waals surface area contributed by atoms with Crippen molar-refractivity contribution < 1.29 is 14.6 Å². The third-order valence-electron chi connectivity index (χ3n) is 6.43. The van der Waals surface area contributed by atoms with Crippen LogP contribution in [0.3, 0.4) is 0 Å². The molecule has 0 aliphatic carbocycles. The number of amides is 1. The average Bonchev–Trinajstić information content (AvgIpc) is 3.32. The van der Waals surface area contributed by atoms with Crippen molar-refractivity contribution in [2.45, 2.75) is 45.2 Å². The third-order valence-corrected chi connectivity index (χ3v) is 6.43. The van der Waals surface area contributed by atoms with Gasteiger partial charge in [0.05, 0.1) is 24.9 Å². The fraction of sp³-hybridized carbons (Fsp3) is 0.800. The smallest absolute Gasteiger partial charge is 0.272 e. The van der Waals surface area contributed by atoms with Gasteiger partial charge in [-0.15, -0.1) is 0 Å². The molecule has 0 radical (unpaired) electrons. The highest BCUT2D eigenvalue weighted by Gasteiger charge is 2.45. The van der Waals surface area contributed by atoms with Crippen molar-refractivity contribution in [2.24, 2.45) is 18.9 Å². The molecule has 7 nitrogen and oxygen atoms in total. The monoisotopic (exact) mass is 378 g/mol. The van der Waals surface area contributed by atoms with Crippen molar-refractivity contribution in [3.05, 3.63) is 17.5 Å². The van der Waals surface area contributed by atoms with Crippen LogP contribution >= 0.6 is 0 Å². The number of aliphatic hydroxyl groups is 1. The molecule has 0 saturated carbocycles. The molecule has 2 fully saturated rings. The van der Waals surface area contributed by atoms with Crippen LogP contribution in [0, 0.1) is 18.8 Å². The summed E-state index contributed by atoms with van der Waals surface area (Å²) in [6, 6.07) is 2.15. The Kier molecular flexibility index (Phi) is 6.55. The summed E-state index contributed by atoms with van der Waals surface area (Å²) >= 11 is 0. The Morgan fingerprint density at radius 1 is 1.44 bits per heavy atom. The topological polar surface area (TPSA) is 70.8 Å². The molecule has 1 N–H and O–H groups in total. The molecule has 2 aliphatic heterocycles. The average molecular weight is 379 g/mol. The molecule has 2 aliphatic rings. The zero-order valence-electron chi connectivity index (χ0n) is 17.1. The van der Waals surface area contributed by atoms with Gasteiger partial charge in [0.25, 0.3) is 5.91 Å². The normalized spacial score (nSPS) is 29.0. The fourth-order valence-corrected chi connectivity index (χ4v) is 4.98. The van der Waals surface area contributed by atoms with E-state index >= 15 is 0 Å². The predicted octanol–water partition coefficient (Wildman–Crippen LogP) is 1.30. The molecule has 2 saturated heterocycles. The van der Waals surface area contributed by atoms with Crippen LogP contribution in [0.2, 0.25) is 0 Å². The Hall–Kier alpha value is -1.44. The lowest BCUT2D eigenvalue weighted by Crippen LogP contribution is -2.45. The van der Waals surface area contributed by atoms with Gasteiger partial charge in [0.1, 0.15) is 5.69 Å². The predicted molar refractivity (Wildman–Crippen MR) is 104 cm³/mol. The Balaban J connectivity index is 1.78. The number of aliphatic hydroxyl groups excluding tert-OH is 1. The Morgan fingerprint density at radius 2 is 2.22 bits per heavy atom. The number of carbonyl (C=O) groups is 1. The van der Waals surface area contributed by atoms with Gasteiger partial charge in [-0.1, -0.05) is 13.3 Å². The number of ether oxygens (including phenoxy) is 1. The highest BCUT2D eigenvalue weighted by atomic mass is 16.5. The summed E-state index contributed by atoms with van der Waals surface area (Å²) in [5.41, 5.74) is 1.43. The minimum absolute atomic E-state index is 0.00647. The van der Waals surface area contributed by atoms with Crippen LogP contribution in [0.5, 0.6) is 0 Å². The molecule has 27 heavy (non-hydrogen) atoms. The maximum absolute atomic E-state index is 13.2. The molecule has 152 valence electrons. The van der Waals surface area contributed by atoms with E-state index in [0.29, 0.717) is 24.2 Å². The lowest BCUT2D eigenvalue weighted by Gasteiger charge is -2.32. The second-order valence-electron chi connectivity index (χ2n) is 8.08. The molecule has 3 heterocycles. The third kappa shape index (κ3) is 4.05. The van der Waals surface area contributed by atoms with E-state index < -0.39 is 0 Å². The van der Waals surface area contributed by atoms with Crippen LogP contribution in [0.4, 0.5) is 0 Å². The molecule has 1 aromatic rings. The number of hydrogen-bond donors (Lipinski definition) is 1. The van der Waals surface area contributed by atoms with Gasteiger partial charge in [-0.2, -0.15) is 5.10 Å². The number of rotatable bonds is 7. The van der Waals surface area contributed by atoms with E-state index in [4.69, 9.17) is 4.74 Å². The molecule has 1 aromatic heterocycles. The van der Waals surface area contributed by atoms with Gasteiger partial charge in [-0.3, -0.25) is 14.4 Å². The van der Waals surface area contributed by atoms with Crippen molar-refractivity contribution in [3.8, 4) is 0 Å². The minimum Gasteiger partial charge on any atom is -0.394 e. The van der Waals surface area contributed by atoms with Gasteiger partial charge in [0.15, 0.2) is 0 Å². The van der Waals surface area contributed by atoms with Crippen molar-refractivity contribution >= 4 is 5.91 Å². The van der Waals surface area contributed by atoms with Gasteiger partial charge >= 0.3 is 0 Å². The molecule has 0 aromatic carbocycles. The Bertz CT molecular complexity index is 647. The van der Waals surface area contributed by atoms with E-state index in [2.05, 4.69) is 16.9 Å². The summed E-state index contributed by atoms with van der Waals surface area (Å²) in [7, 11) is 3.56. The molecular formula is C20H34N4O3. The van der Waals surface area contributed by atoms with Gasteiger partial charge in [-0.25, -0.2) is 0 Å². The summed E-state index contributed by atoms with van der Waals surface area (Å²) in [6.07, 6.45) is 3.37. The number of methoxy groups -OCH3 is 1. The van der Waals surface area contributed by atoms with Crippen molar-refractivity contribution in [1.29, 1.82) is 0 Å². The van der Waals surface area contributed by atoms with Crippen LogP contribution in [0.25, 0.3) is 0 Å². The summed E-state index contributed by atoms with van der Waals surface area (Å²) < 4.78 is 7.04. The summed E-state index contributed by atoms with van der Waals surface area (Å²) in [4.78, 5) is 17.6.